The largest absolute Gasteiger partial charge is 0.462 e. The van der Waals surface area contributed by atoms with Gasteiger partial charge in [-0.25, -0.2) is 9.18 Å². The van der Waals surface area contributed by atoms with Crippen LogP contribution in [0.1, 0.15) is 22.8 Å². The highest BCUT2D eigenvalue weighted by atomic mass is 79.9. The molecule has 82 valence electrons. The first-order valence-electron chi connectivity index (χ1n) is 4.31. The fourth-order valence-electron chi connectivity index (χ4n) is 1.06. The molecule has 0 aliphatic heterocycles. The first-order chi connectivity index (χ1) is 7.10. The van der Waals surface area contributed by atoms with Crippen LogP contribution in [0.2, 0.25) is 0 Å². The van der Waals surface area contributed by atoms with E-state index >= 15 is 0 Å². The Bertz CT molecular complexity index is 380. The van der Waals surface area contributed by atoms with E-state index in [1.807, 2.05) is 0 Å². The number of hydrogen-bond acceptors (Lipinski definition) is 2. The Hall–Kier alpha value is -0.420. The smallest absolute Gasteiger partial charge is 0.339 e. The third-order valence-electron chi connectivity index (χ3n) is 1.78. The van der Waals surface area contributed by atoms with E-state index < -0.39 is 5.97 Å². The molecule has 5 heteroatoms. The minimum Gasteiger partial charge on any atom is -0.462 e. The summed E-state index contributed by atoms with van der Waals surface area (Å²) in [5.74, 6) is -0.807. The van der Waals surface area contributed by atoms with E-state index in [-0.39, 0.29) is 5.82 Å². The van der Waals surface area contributed by atoms with E-state index in [1.165, 1.54) is 12.1 Å². The van der Waals surface area contributed by atoms with Crippen molar-refractivity contribution in [3.05, 3.63) is 33.5 Å². The number of rotatable bonds is 3. The third-order valence-corrected chi connectivity index (χ3v) is 3.04. The predicted molar refractivity (Wildman–Crippen MR) is 62.7 cm³/mol. The summed E-state index contributed by atoms with van der Waals surface area (Å²) < 4.78 is 18.5. The summed E-state index contributed by atoms with van der Waals surface area (Å²) in [6.45, 7) is 2.02. The second-order valence-corrected chi connectivity index (χ2v) is 4.19. The van der Waals surface area contributed by atoms with E-state index in [4.69, 9.17) is 4.74 Å². The lowest BCUT2D eigenvalue weighted by Gasteiger charge is -2.06. The Morgan fingerprint density at radius 1 is 1.53 bits per heavy atom. The molecule has 0 saturated carbocycles. The minimum atomic E-state index is -0.452. The topological polar surface area (TPSA) is 26.3 Å². The first-order valence-corrected chi connectivity index (χ1v) is 6.22. The van der Waals surface area contributed by atoms with Crippen molar-refractivity contribution in [3.63, 3.8) is 0 Å². The van der Waals surface area contributed by atoms with Crippen LogP contribution >= 0.6 is 31.9 Å². The molecular formula is C10H9Br2FO2. The van der Waals surface area contributed by atoms with E-state index in [2.05, 4.69) is 31.9 Å². The van der Waals surface area contributed by atoms with Crippen molar-refractivity contribution in [1.82, 2.24) is 0 Å². The van der Waals surface area contributed by atoms with Crippen molar-refractivity contribution in [2.75, 3.05) is 6.61 Å². The number of ether oxygens (including phenoxy) is 1. The van der Waals surface area contributed by atoms with Crippen LogP contribution < -0.4 is 0 Å². The van der Waals surface area contributed by atoms with Gasteiger partial charge in [-0.1, -0.05) is 15.9 Å². The Balaban J connectivity index is 3.12. The molecule has 0 radical (unpaired) electrons. The van der Waals surface area contributed by atoms with E-state index in [1.54, 1.807) is 6.92 Å². The van der Waals surface area contributed by atoms with Crippen LogP contribution in [-0.4, -0.2) is 12.6 Å². The second kappa shape index (κ2) is 5.61. The zero-order valence-electron chi connectivity index (χ0n) is 8.02. The van der Waals surface area contributed by atoms with E-state index in [0.29, 0.717) is 27.5 Å². The lowest BCUT2D eigenvalue weighted by atomic mass is 10.1. The predicted octanol–water partition coefficient (Wildman–Crippen LogP) is 3.66. The maximum atomic E-state index is 13.3. The average Bonchev–Trinajstić information content (AvgIpc) is 2.18. The fourth-order valence-corrected chi connectivity index (χ4v) is 1.97. The maximum absolute atomic E-state index is 13.3. The van der Waals surface area contributed by atoms with Gasteiger partial charge in [-0.3, -0.25) is 0 Å². The summed E-state index contributed by atoms with van der Waals surface area (Å²) in [5, 5.41) is 0.360. The van der Waals surface area contributed by atoms with Crippen molar-refractivity contribution < 1.29 is 13.9 Å². The molecule has 0 bridgehead atoms. The standard InChI is InChI=1S/C10H9Br2FO2/c1-2-15-10(14)7-3-6(5-11)9(13)4-8(7)12/h3-4H,2,5H2,1H3. The van der Waals surface area contributed by atoms with Gasteiger partial charge < -0.3 is 4.74 Å². The van der Waals surface area contributed by atoms with Crippen LogP contribution in [0.3, 0.4) is 0 Å². The van der Waals surface area contributed by atoms with Gasteiger partial charge in [0.05, 0.1) is 12.2 Å². The van der Waals surface area contributed by atoms with Gasteiger partial charge in [-0.2, -0.15) is 0 Å². The molecule has 1 aromatic carbocycles. The molecule has 0 aliphatic carbocycles. The number of esters is 1. The zero-order valence-corrected chi connectivity index (χ0v) is 11.2. The van der Waals surface area contributed by atoms with Crippen LogP contribution in [-0.2, 0) is 10.1 Å². The van der Waals surface area contributed by atoms with Gasteiger partial charge in [0.2, 0.25) is 0 Å². The molecule has 0 spiro atoms. The highest BCUT2D eigenvalue weighted by Crippen LogP contribution is 2.23. The highest BCUT2D eigenvalue weighted by molar-refractivity contribution is 9.10. The quantitative estimate of drug-likeness (QED) is 0.620. The van der Waals surface area contributed by atoms with Crippen molar-refractivity contribution in [2.24, 2.45) is 0 Å². The van der Waals surface area contributed by atoms with E-state index in [0.717, 1.165) is 0 Å². The zero-order chi connectivity index (χ0) is 11.4. The van der Waals surface area contributed by atoms with Crippen LogP contribution in [0.5, 0.6) is 0 Å². The number of benzene rings is 1. The molecule has 0 atom stereocenters. The third kappa shape index (κ3) is 3.01. The highest BCUT2D eigenvalue weighted by Gasteiger charge is 2.14. The normalized spacial score (nSPS) is 10.1. The van der Waals surface area contributed by atoms with Crippen molar-refractivity contribution >= 4 is 37.8 Å². The van der Waals surface area contributed by atoms with Crippen LogP contribution in [0, 0.1) is 5.82 Å². The minimum absolute atomic E-state index is 0.298. The molecule has 0 N–H and O–H groups in total. The lowest BCUT2D eigenvalue weighted by molar-refractivity contribution is 0.0525. The molecule has 0 aliphatic rings. The fraction of sp³-hybridized carbons (Fsp3) is 0.300. The summed E-state index contributed by atoms with van der Waals surface area (Å²) in [6, 6.07) is 2.75. The van der Waals surface area contributed by atoms with Gasteiger partial charge in [0.15, 0.2) is 0 Å². The molecule has 0 saturated heterocycles. The SMILES string of the molecule is CCOC(=O)c1cc(CBr)c(F)cc1Br. The van der Waals surface area contributed by atoms with Crippen LogP contribution in [0.25, 0.3) is 0 Å². The summed E-state index contributed by atoms with van der Waals surface area (Å²) in [4.78, 5) is 11.5. The molecule has 0 amide bonds. The van der Waals surface area contributed by atoms with Crippen LogP contribution in [0.15, 0.2) is 16.6 Å². The average molecular weight is 340 g/mol. The van der Waals surface area contributed by atoms with Gasteiger partial charge in [0.25, 0.3) is 0 Å². The molecule has 0 fully saturated rings. The molecule has 1 rings (SSSR count). The Morgan fingerprint density at radius 3 is 2.73 bits per heavy atom. The molecule has 15 heavy (non-hydrogen) atoms. The van der Waals surface area contributed by atoms with Gasteiger partial charge in [0.1, 0.15) is 5.82 Å². The summed E-state index contributed by atoms with van der Waals surface area (Å²) >= 11 is 6.27. The first kappa shape index (κ1) is 12.6. The van der Waals surface area contributed by atoms with Gasteiger partial charge in [-0.05, 0) is 40.5 Å². The Morgan fingerprint density at radius 2 is 2.20 bits per heavy atom. The van der Waals surface area contributed by atoms with E-state index in [9.17, 15) is 9.18 Å². The second-order valence-electron chi connectivity index (χ2n) is 2.78. The maximum Gasteiger partial charge on any atom is 0.339 e. The van der Waals surface area contributed by atoms with Gasteiger partial charge in [-0.15, -0.1) is 0 Å². The van der Waals surface area contributed by atoms with Crippen molar-refractivity contribution in [3.8, 4) is 0 Å². The van der Waals surface area contributed by atoms with Crippen molar-refractivity contribution in [2.45, 2.75) is 12.3 Å². The number of carbonyl (C=O) groups excluding carboxylic acids is 1. The van der Waals surface area contributed by atoms with Crippen LogP contribution in [0.4, 0.5) is 4.39 Å². The molecular weight excluding hydrogens is 331 g/mol. The molecule has 0 unspecified atom stereocenters. The molecule has 0 heterocycles. The number of halogens is 3. The van der Waals surface area contributed by atoms with Gasteiger partial charge >= 0.3 is 5.97 Å². The lowest BCUT2D eigenvalue weighted by Crippen LogP contribution is -2.06. The molecule has 2 nitrogen and oxygen atoms in total. The number of alkyl halides is 1. The number of carbonyl (C=O) groups is 1. The molecule has 0 aromatic heterocycles. The van der Waals surface area contributed by atoms with Gasteiger partial charge in [0, 0.05) is 9.80 Å². The Labute approximate surface area is 104 Å². The monoisotopic (exact) mass is 338 g/mol. The van der Waals surface area contributed by atoms with Crippen molar-refractivity contribution in [1.29, 1.82) is 0 Å². The summed E-state index contributed by atoms with van der Waals surface area (Å²) in [6.07, 6.45) is 0. The Kier molecular flexibility index (Phi) is 4.73. The summed E-state index contributed by atoms with van der Waals surface area (Å²) in [7, 11) is 0. The number of hydrogen-bond donors (Lipinski definition) is 0. The summed E-state index contributed by atoms with van der Waals surface area (Å²) in [5.41, 5.74) is 0.772. The molecule has 1 aromatic rings.